The summed E-state index contributed by atoms with van der Waals surface area (Å²) in [6.07, 6.45) is 3.69. The van der Waals surface area contributed by atoms with Crippen molar-refractivity contribution < 1.29 is 14.7 Å². The minimum Gasteiger partial charge on any atom is -0.481 e. The molecule has 0 saturated heterocycles. The molecule has 4 nitrogen and oxygen atoms in total. The van der Waals surface area contributed by atoms with Gasteiger partial charge in [-0.05, 0) is 37.1 Å². The number of carbonyl (C=O) groups excluding carboxylic acids is 1. The van der Waals surface area contributed by atoms with Crippen LogP contribution < -0.4 is 5.32 Å². The number of amides is 1. The van der Waals surface area contributed by atoms with Crippen LogP contribution in [0.5, 0.6) is 0 Å². The summed E-state index contributed by atoms with van der Waals surface area (Å²) < 4.78 is 1.03. The number of halogens is 1. The zero-order valence-corrected chi connectivity index (χ0v) is 14.2. The lowest BCUT2D eigenvalue weighted by Crippen LogP contribution is -2.26. The first kappa shape index (κ1) is 18.0. The monoisotopic (exact) mass is 373 g/mol. The van der Waals surface area contributed by atoms with Gasteiger partial charge >= 0.3 is 5.97 Å². The summed E-state index contributed by atoms with van der Waals surface area (Å²) in [5, 5.41) is 11.4. The van der Waals surface area contributed by atoms with Gasteiger partial charge in [0.05, 0.1) is 5.75 Å². The third-order valence-electron chi connectivity index (χ3n) is 2.82. The number of thioether (sulfide) groups is 1. The Bertz CT molecular complexity index is 451. The van der Waals surface area contributed by atoms with Crippen LogP contribution in [0.4, 0.5) is 0 Å². The molecule has 21 heavy (non-hydrogen) atoms. The van der Waals surface area contributed by atoms with Crippen LogP contribution in [-0.2, 0) is 9.59 Å². The Hall–Kier alpha value is -1.01. The number of carbonyl (C=O) groups is 2. The number of carboxylic acids is 1. The average Bonchev–Trinajstić information content (AvgIpc) is 2.45. The van der Waals surface area contributed by atoms with E-state index >= 15 is 0 Å². The summed E-state index contributed by atoms with van der Waals surface area (Å²) in [5.74, 6) is -0.289. The van der Waals surface area contributed by atoms with Crippen LogP contribution in [0.15, 0.2) is 33.6 Å². The highest BCUT2D eigenvalue weighted by Crippen LogP contribution is 2.20. The van der Waals surface area contributed by atoms with Crippen LogP contribution in [0.3, 0.4) is 0 Å². The molecular weight excluding hydrogens is 354 g/mol. The molecule has 0 radical (unpaired) electrons. The largest absolute Gasteiger partial charge is 0.481 e. The van der Waals surface area contributed by atoms with Gasteiger partial charge in [0.25, 0.3) is 0 Å². The van der Waals surface area contributed by atoms with E-state index in [4.69, 9.17) is 5.11 Å². The van der Waals surface area contributed by atoms with Crippen molar-refractivity contribution in [3.63, 3.8) is 0 Å². The Balaban J connectivity index is 2.01. The van der Waals surface area contributed by atoms with Gasteiger partial charge in [-0.25, -0.2) is 0 Å². The summed E-state index contributed by atoms with van der Waals surface area (Å²) in [7, 11) is 0. The molecule has 0 saturated carbocycles. The Kier molecular flexibility index (Phi) is 9.17. The zero-order chi connectivity index (χ0) is 15.5. The molecule has 0 bridgehead atoms. The minimum absolute atomic E-state index is 0.0356. The first-order chi connectivity index (χ1) is 10.1. The van der Waals surface area contributed by atoms with Crippen molar-refractivity contribution >= 4 is 39.6 Å². The molecule has 0 aliphatic rings. The molecule has 0 spiro atoms. The summed E-state index contributed by atoms with van der Waals surface area (Å²) in [6.45, 7) is 0.660. The molecule has 6 heteroatoms. The molecule has 1 amide bonds. The number of rotatable bonds is 10. The number of benzene rings is 1. The van der Waals surface area contributed by atoms with Gasteiger partial charge in [0.15, 0.2) is 0 Å². The van der Waals surface area contributed by atoms with Gasteiger partial charge in [-0.15, -0.1) is 11.8 Å². The smallest absolute Gasteiger partial charge is 0.303 e. The zero-order valence-electron chi connectivity index (χ0n) is 11.8. The van der Waals surface area contributed by atoms with E-state index in [9.17, 15) is 9.59 Å². The molecule has 0 fully saturated rings. The minimum atomic E-state index is -0.742. The van der Waals surface area contributed by atoms with Gasteiger partial charge in [-0.1, -0.05) is 28.8 Å². The van der Waals surface area contributed by atoms with Crippen molar-refractivity contribution in [2.24, 2.45) is 0 Å². The first-order valence-corrected chi connectivity index (χ1v) is 8.72. The molecule has 0 heterocycles. The van der Waals surface area contributed by atoms with Crippen molar-refractivity contribution in [3.05, 3.63) is 28.7 Å². The average molecular weight is 374 g/mol. The van der Waals surface area contributed by atoms with Gasteiger partial charge in [-0.3, -0.25) is 9.59 Å². The van der Waals surface area contributed by atoms with E-state index in [2.05, 4.69) is 21.2 Å². The lowest BCUT2D eigenvalue weighted by Gasteiger charge is -2.05. The normalized spacial score (nSPS) is 10.3. The van der Waals surface area contributed by atoms with Gasteiger partial charge in [0.1, 0.15) is 0 Å². The summed E-state index contributed by atoms with van der Waals surface area (Å²) in [6, 6.07) is 7.86. The van der Waals surface area contributed by atoms with Crippen molar-refractivity contribution in [1.82, 2.24) is 5.32 Å². The molecule has 1 aromatic carbocycles. The summed E-state index contributed by atoms with van der Waals surface area (Å²) in [5.41, 5.74) is 0. The van der Waals surface area contributed by atoms with E-state index in [-0.39, 0.29) is 12.3 Å². The van der Waals surface area contributed by atoms with Crippen molar-refractivity contribution in [2.45, 2.75) is 37.0 Å². The van der Waals surface area contributed by atoms with Gasteiger partial charge in [0.2, 0.25) is 5.91 Å². The Morgan fingerprint density at radius 2 is 1.76 bits per heavy atom. The van der Waals surface area contributed by atoms with Crippen LogP contribution in [0.1, 0.15) is 32.1 Å². The van der Waals surface area contributed by atoms with E-state index in [0.717, 1.165) is 28.6 Å². The van der Waals surface area contributed by atoms with Gasteiger partial charge in [-0.2, -0.15) is 0 Å². The quantitative estimate of drug-likeness (QED) is 0.484. The maximum absolute atomic E-state index is 11.6. The third kappa shape index (κ3) is 9.52. The fourth-order valence-corrected chi connectivity index (χ4v) is 2.71. The van der Waals surface area contributed by atoms with Crippen molar-refractivity contribution in [3.8, 4) is 0 Å². The standard InChI is InChI=1S/C15H20BrNO3S/c16-12-6-8-13(9-7-12)21-11-14(18)17-10-4-2-1-3-5-15(19)20/h6-9H,1-5,10-11H2,(H,17,18)(H,19,20). The fourth-order valence-electron chi connectivity index (χ4n) is 1.71. The second-order valence-electron chi connectivity index (χ2n) is 4.65. The molecule has 116 valence electrons. The molecule has 0 aliphatic heterocycles. The van der Waals surface area contributed by atoms with Crippen LogP contribution in [0.25, 0.3) is 0 Å². The highest BCUT2D eigenvalue weighted by atomic mass is 79.9. The van der Waals surface area contributed by atoms with E-state index in [0.29, 0.717) is 18.7 Å². The third-order valence-corrected chi connectivity index (χ3v) is 4.36. The van der Waals surface area contributed by atoms with Crippen LogP contribution in [-0.4, -0.2) is 29.3 Å². The number of unbranched alkanes of at least 4 members (excludes halogenated alkanes) is 3. The predicted molar refractivity (Wildman–Crippen MR) is 88.6 cm³/mol. The second kappa shape index (κ2) is 10.7. The lowest BCUT2D eigenvalue weighted by atomic mass is 10.1. The highest BCUT2D eigenvalue weighted by Gasteiger charge is 2.02. The number of hydrogen-bond donors (Lipinski definition) is 2. The van der Waals surface area contributed by atoms with E-state index in [1.54, 1.807) is 0 Å². The van der Waals surface area contributed by atoms with Gasteiger partial charge < -0.3 is 10.4 Å². The molecular formula is C15H20BrNO3S. The topological polar surface area (TPSA) is 66.4 Å². The summed E-state index contributed by atoms with van der Waals surface area (Å²) >= 11 is 4.89. The fraction of sp³-hybridized carbons (Fsp3) is 0.467. The number of hydrogen-bond acceptors (Lipinski definition) is 3. The van der Waals surface area contributed by atoms with Crippen LogP contribution >= 0.6 is 27.7 Å². The number of carboxylic acid groups (broad SMARTS) is 1. The Morgan fingerprint density at radius 3 is 2.43 bits per heavy atom. The van der Waals surface area contributed by atoms with E-state index in [1.165, 1.54) is 11.8 Å². The number of nitrogens with one attached hydrogen (secondary N) is 1. The Labute approximate surface area is 137 Å². The number of aliphatic carboxylic acids is 1. The lowest BCUT2D eigenvalue weighted by molar-refractivity contribution is -0.137. The van der Waals surface area contributed by atoms with E-state index in [1.807, 2.05) is 24.3 Å². The van der Waals surface area contributed by atoms with Crippen molar-refractivity contribution in [1.29, 1.82) is 0 Å². The second-order valence-corrected chi connectivity index (χ2v) is 6.61. The SMILES string of the molecule is O=C(O)CCCCCCNC(=O)CSc1ccc(Br)cc1. The maximum atomic E-state index is 11.6. The highest BCUT2D eigenvalue weighted by molar-refractivity contribution is 9.10. The Morgan fingerprint density at radius 1 is 1.10 bits per heavy atom. The summed E-state index contributed by atoms with van der Waals surface area (Å²) in [4.78, 5) is 23.0. The van der Waals surface area contributed by atoms with Crippen molar-refractivity contribution in [2.75, 3.05) is 12.3 Å². The van der Waals surface area contributed by atoms with E-state index < -0.39 is 5.97 Å². The molecule has 0 unspecified atom stereocenters. The van der Waals surface area contributed by atoms with Gasteiger partial charge in [0, 0.05) is 22.3 Å². The first-order valence-electron chi connectivity index (χ1n) is 6.95. The molecule has 0 atom stereocenters. The molecule has 0 aliphatic carbocycles. The van der Waals surface area contributed by atoms with Crippen LogP contribution in [0.2, 0.25) is 0 Å². The molecule has 1 aromatic rings. The predicted octanol–water partition coefficient (Wildman–Crippen LogP) is 3.69. The molecule has 2 N–H and O–H groups in total. The molecule has 0 aromatic heterocycles. The molecule has 1 rings (SSSR count). The maximum Gasteiger partial charge on any atom is 0.303 e. The van der Waals surface area contributed by atoms with Crippen LogP contribution in [0, 0.1) is 0 Å².